The van der Waals surface area contributed by atoms with E-state index in [2.05, 4.69) is 5.32 Å². The molecule has 0 aromatic carbocycles. The summed E-state index contributed by atoms with van der Waals surface area (Å²) in [6, 6.07) is 0.0945. The zero-order chi connectivity index (χ0) is 10.5. The molecule has 0 spiro atoms. The van der Waals surface area contributed by atoms with Crippen LogP contribution in [0.1, 0.15) is 32.1 Å². The van der Waals surface area contributed by atoms with Crippen LogP contribution in [0.2, 0.25) is 0 Å². The first-order chi connectivity index (χ1) is 7.36. The molecule has 2 rings (SSSR count). The molecule has 4 heteroatoms. The van der Waals surface area contributed by atoms with Crippen LogP contribution in [0, 0.1) is 0 Å². The standard InChI is InChI=1S/C11H20N2O2/c14-11-12-6-3-7-13(11)8-5-10-4-1-2-9-15-10/h10H,1-9H2,(H,12,14). The number of urea groups is 1. The maximum atomic E-state index is 11.4. The molecule has 1 N–H and O–H groups in total. The SMILES string of the molecule is O=C1NCCCN1CCC1CCCCO1. The van der Waals surface area contributed by atoms with Crippen LogP contribution in [0.4, 0.5) is 4.79 Å². The third kappa shape index (κ3) is 3.09. The van der Waals surface area contributed by atoms with Crippen molar-refractivity contribution in [3.63, 3.8) is 0 Å². The lowest BCUT2D eigenvalue weighted by Gasteiger charge is -2.30. The van der Waals surface area contributed by atoms with Gasteiger partial charge >= 0.3 is 6.03 Å². The Kier molecular flexibility index (Phi) is 3.83. The summed E-state index contributed by atoms with van der Waals surface area (Å²) in [4.78, 5) is 13.3. The normalized spacial score (nSPS) is 27.6. The molecule has 2 heterocycles. The molecule has 2 saturated heterocycles. The van der Waals surface area contributed by atoms with Crippen LogP contribution >= 0.6 is 0 Å². The number of rotatable bonds is 3. The predicted octanol–water partition coefficient (Wildman–Crippen LogP) is 1.36. The predicted molar refractivity (Wildman–Crippen MR) is 57.8 cm³/mol. The first-order valence-electron chi connectivity index (χ1n) is 6.00. The summed E-state index contributed by atoms with van der Waals surface area (Å²) in [7, 11) is 0. The Morgan fingerprint density at radius 3 is 3.07 bits per heavy atom. The van der Waals surface area contributed by atoms with Crippen LogP contribution in [0.3, 0.4) is 0 Å². The van der Waals surface area contributed by atoms with Gasteiger partial charge in [0.05, 0.1) is 6.10 Å². The van der Waals surface area contributed by atoms with Gasteiger partial charge in [-0.15, -0.1) is 0 Å². The number of nitrogens with one attached hydrogen (secondary N) is 1. The van der Waals surface area contributed by atoms with Crippen molar-refractivity contribution in [2.24, 2.45) is 0 Å². The third-order valence-electron chi connectivity index (χ3n) is 3.16. The lowest BCUT2D eigenvalue weighted by atomic mass is 10.1. The monoisotopic (exact) mass is 212 g/mol. The number of carbonyl (C=O) groups is 1. The van der Waals surface area contributed by atoms with Crippen LogP contribution in [0.5, 0.6) is 0 Å². The highest BCUT2D eigenvalue weighted by Gasteiger charge is 2.20. The van der Waals surface area contributed by atoms with E-state index >= 15 is 0 Å². The van der Waals surface area contributed by atoms with Gasteiger partial charge in [0.25, 0.3) is 0 Å². The van der Waals surface area contributed by atoms with Crippen molar-refractivity contribution < 1.29 is 9.53 Å². The zero-order valence-corrected chi connectivity index (χ0v) is 9.21. The van der Waals surface area contributed by atoms with E-state index in [0.717, 1.165) is 45.5 Å². The van der Waals surface area contributed by atoms with E-state index in [4.69, 9.17) is 4.74 Å². The van der Waals surface area contributed by atoms with Crippen LogP contribution in [-0.4, -0.2) is 43.3 Å². The molecule has 2 fully saturated rings. The van der Waals surface area contributed by atoms with Crippen molar-refractivity contribution in [1.29, 1.82) is 0 Å². The van der Waals surface area contributed by atoms with Gasteiger partial charge in [0.1, 0.15) is 0 Å². The Morgan fingerprint density at radius 2 is 2.33 bits per heavy atom. The van der Waals surface area contributed by atoms with E-state index in [1.807, 2.05) is 4.90 Å². The van der Waals surface area contributed by atoms with Gasteiger partial charge in [0.15, 0.2) is 0 Å². The molecule has 2 aliphatic rings. The fraction of sp³-hybridized carbons (Fsp3) is 0.909. The van der Waals surface area contributed by atoms with E-state index in [1.54, 1.807) is 0 Å². The lowest BCUT2D eigenvalue weighted by Crippen LogP contribution is -2.47. The van der Waals surface area contributed by atoms with Crippen molar-refractivity contribution in [1.82, 2.24) is 10.2 Å². The van der Waals surface area contributed by atoms with Crippen LogP contribution in [-0.2, 0) is 4.74 Å². The number of ether oxygens (including phenoxy) is 1. The van der Waals surface area contributed by atoms with E-state index in [0.29, 0.717) is 6.10 Å². The first-order valence-corrected chi connectivity index (χ1v) is 6.00. The molecule has 0 saturated carbocycles. The van der Waals surface area contributed by atoms with E-state index in [9.17, 15) is 4.79 Å². The molecular formula is C11H20N2O2. The summed E-state index contributed by atoms with van der Waals surface area (Å²) in [5, 5.41) is 2.87. The van der Waals surface area contributed by atoms with E-state index in [1.165, 1.54) is 12.8 Å². The molecule has 1 atom stereocenters. The number of hydrogen-bond donors (Lipinski definition) is 1. The maximum absolute atomic E-state index is 11.4. The Bertz CT molecular complexity index is 215. The second-order valence-electron chi connectivity index (χ2n) is 4.35. The molecule has 2 amide bonds. The van der Waals surface area contributed by atoms with Crippen LogP contribution in [0.15, 0.2) is 0 Å². The third-order valence-corrected chi connectivity index (χ3v) is 3.16. The smallest absolute Gasteiger partial charge is 0.317 e. The van der Waals surface area contributed by atoms with Crippen molar-refractivity contribution in [3.8, 4) is 0 Å². The molecule has 1 unspecified atom stereocenters. The van der Waals surface area contributed by atoms with Crippen molar-refractivity contribution in [2.75, 3.05) is 26.2 Å². The second kappa shape index (κ2) is 5.35. The number of amides is 2. The topological polar surface area (TPSA) is 41.6 Å². The van der Waals surface area contributed by atoms with Gasteiger partial charge in [-0.05, 0) is 32.1 Å². The van der Waals surface area contributed by atoms with Gasteiger partial charge in [-0.2, -0.15) is 0 Å². The van der Waals surface area contributed by atoms with Gasteiger partial charge in [0, 0.05) is 26.2 Å². The molecule has 0 aromatic rings. The number of nitrogens with zero attached hydrogens (tertiary/aromatic N) is 1. The fourth-order valence-corrected chi connectivity index (χ4v) is 2.23. The molecule has 0 bridgehead atoms. The molecule has 86 valence electrons. The summed E-state index contributed by atoms with van der Waals surface area (Å²) < 4.78 is 5.65. The molecule has 0 aromatic heterocycles. The first kappa shape index (κ1) is 10.7. The van der Waals surface area contributed by atoms with Gasteiger partial charge in [-0.3, -0.25) is 0 Å². The van der Waals surface area contributed by atoms with E-state index in [-0.39, 0.29) is 6.03 Å². The minimum absolute atomic E-state index is 0.0945. The molecular weight excluding hydrogens is 192 g/mol. The van der Waals surface area contributed by atoms with Gasteiger partial charge in [0.2, 0.25) is 0 Å². The van der Waals surface area contributed by atoms with Crippen LogP contribution in [0.25, 0.3) is 0 Å². The summed E-state index contributed by atoms with van der Waals surface area (Å²) in [5.74, 6) is 0. The van der Waals surface area contributed by atoms with Crippen molar-refractivity contribution >= 4 is 6.03 Å². The quantitative estimate of drug-likeness (QED) is 0.767. The fourth-order valence-electron chi connectivity index (χ4n) is 2.23. The number of hydrogen-bond acceptors (Lipinski definition) is 2. The van der Waals surface area contributed by atoms with Crippen molar-refractivity contribution in [2.45, 2.75) is 38.2 Å². The highest BCUT2D eigenvalue weighted by atomic mass is 16.5. The zero-order valence-electron chi connectivity index (χ0n) is 9.21. The summed E-state index contributed by atoms with van der Waals surface area (Å²) in [6.07, 6.45) is 6.08. The summed E-state index contributed by atoms with van der Waals surface area (Å²) >= 11 is 0. The molecule has 15 heavy (non-hydrogen) atoms. The van der Waals surface area contributed by atoms with E-state index < -0.39 is 0 Å². The highest BCUT2D eigenvalue weighted by Crippen LogP contribution is 2.16. The summed E-state index contributed by atoms with van der Waals surface area (Å²) in [5.41, 5.74) is 0. The second-order valence-corrected chi connectivity index (χ2v) is 4.35. The molecule has 0 aliphatic carbocycles. The Balaban J connectivity index is 1.69. The van der Waals surface area contributed by atoms with Crippen molar-refractivity contribution in [3.05, 3.63) is 0 Å². The minimum atomic E-state index is 0.0945. The van der Waals surface area contributed by atoms with Gasteiger partial charge < -0.3 is 15.0 Å². The largest absolute Gasteiger partial charge is 0.378 e. The summed E-state index contributed by atoms with van der Waals surface area (Å²) in [6.45, 7) is 3.47. The maximum Gasteiger partial charge on any atom is 0.317 e. The Hall–Kier alpha value is -0.770. The highest BCUT2D eigenvalue weighted by molar-refractivity contribution is 5.74. The molecule has 4 nitrogen and oxygen atoms in total. The van der Waals surface area contributed by atoms with Gasteiger partial charge in [-0.1, -0.05) is 0 Å². The Morgan fingerprint density at radius 1 is 1.40 bits per heavy atom. The number of carbonyl (C=O) groups excluding carboxylic acids is 1. The average molecular weight is 212 g/mol. The average Bonchev–Trinajstić information content (AvgIpc) is 2.29. The molecule has 2 aliphatic heterocycles. The minimum Gasteiger partial charge on any atom is -0.378 e. The van der Waals surface area contributed by atoms with Crippen LogP contribution < -0.4 is 5.32 Å². The lowest BCUT2D eigenvalue weighted by molar-refractivity contribution is 0.00702. The Labute approximate surface area is 91.0 Å². The van der Waals surface area contributed by atoms with Gasteiger partial charge in [-0.25, -0.2) is 4.79 Å². The molecule has 0 radical (unpaired) electrons.